The molecule has 0 saturated carbocycles. The molecule has 0 radical (unpaired) electrons. The van der Waals surface area contributed by atoms with E-state index in [1.807, 2.05) is 0 Å². The minimum absolute atomic E-state index is 0.0785. The molecule has 5 nitrogen and oxygen atoms in total. The van der Waals surface area contributed by atoms with Gasteiger partial charge in [0.1, 0.15) is 5.56 Å². The van der Waals surface area contributed by atoms with Gasteiger partial charge in [-0.3, -0.25) is 9.59 Å². The zero-order chi connectivity index (χ0) is 14.0. The molecular weight excluding hydrogens is 242 g/mol. The lowest BCUT2D eigenvalue weighted by atomic mass is 10.1. The monoisotopic (exact) mass is 257 g/mol. The van der Waals surface area contributed by atoms with E-state index in [-0.39, 0.29) is 11.0 Å². The number of pyridine rings is 1. The lowest BCUT2D eigenvalue weighted by Crippen LogP contribution is -2.29. The number of hydrogen-bond acceptors (Lipinski definition) is 3. The first-order valence-corrected chi connectivity index (χ1v) is 5.83. The van der Waals surface area contributed by atoms with Gasteiger partial charge in [0.25, 0.3) is 5.91 Å². The highest BCUT2D eigenvalue weighted by Gasteiger charge is 2.15. The summed E-state index contributed by atoms with van der Waals surface area (Å²) < 4.78 is 1.72. The van der Waals surface area contributed by atoms with E-state index in [4.69, 9.17) is 5.73 Å². The number of fused-ring (bicyclic) bond motifs is 1. The number of anilines is 1. The lowest BCUT2D eigenvalue weighted by molar-refractivity contribution is 0.0956. The van der Waals surface area contributed by atoms with Gasteiger partial charge in [-0.15, -0.1) is 6.58 Å². The molecule has 0 bridgehead atoms. The van der Waals surface area contributed by atoms with Crippen molar-refractivity contribution in [2.45, 2.75) is 0 Å². The molecule has 2 rings (SSSR count). The zero-order valence-electron chi connectivity index (χ0n) is 10.6. The van der Waals surface area contributed by atoms with Crippen LogP contribution >= 0.6 is 0 Å². The normalized spacial score (nSPS) is 10.4. The van der Waals surface area contributed by atoms with E-state index in [2.05, 4.69) is 11.9 Å². The molecule has 0 aliphatic carbocycles. The Morgan fingerprint density at radius 1 is 1.53 bits per heavy atom. The van der Waals surface area contributed by atoms with Gasteiger partial charge in [0, 0.05) is 25.5 Å². The summed E-state index contributed by atoms with van der Waals surface area (Å²) >= 11 is 0. The van der Waals surface area contributed by atoms with Crippen LogP contribution in [0.25, 0.3) is 10.9 Å². The molecule has 0 atom stereocenters. The number of aryl methyl sites for hydroxylation is 1. The summed E-state index contributed by atoms with van der Waals surface area (Å²) in [6.45, 7) is 3.82. The van der Waals surface area contributed by atoms with Gasteiger partial charge in [-0.25, -0.2) is 0 Å². The SMILES string of the molecule is C=CCNC(=O)c1cn(C)c2cccc(N)c2c1=O. The minimum atomic E-state index is -0.425. The molecule has 1 aromatic heterocycles. The standard InChI is InChI=1S/C14H15N3O2/c1-3-7-16-14(19)9-8-17(2)11-6-4-5-10(15)12(11)13(9)18/h3-6,8H,1,7,15H2,2H3,(H,16,19). The molecule has 1 amide bonds. The number of hydrogen-bond donors (Lipinski definition) is 2. The third kappa shape index (κ3) is 2.22. The van der Waals surface area contributed by atoms with Gasteiger partial charge in [0.05, 0.1) is 10.9 Å². The van der Waals surface area contributed by atoms with Crippen molar-refractivity contribution in [1.29, 1.82) is 0 Å². The van der Waals surface area contributed by atoms with Gasteiger partial charge in [-0.05, 0) is 12.1 Å². The predicted molar refractivity (Wildman–Crippen MR) is 76.1 cm³/mol. The Bertz CT molecular complexity index is 716. The van der Waals surface area contributed by atoms with E-state index in [1.54, 1.807) is 35.9 Å². The van der Waals surface area contributed by atoms with Gasteiger partial charge in [0.2, 0.25) is 5.43 Å². The summed E-state index contributed by atoms with van der Waals surface area (Å²) in [4.78, 5) is 24.2. The third-order valence-electron chi connectivity index (χ3n) is 2.90. The first-order valence-electron chi connectivity index (χ1n) is 5.83. The van der Waals surface area contributed by atoms with Crippen molar-refractivity contribution in [2.75, 3.05) is 12.3 Å². The fraction of sp³-hybridized carbons (Fsp3) is 0.143. The number of nitrogens with zero attached hydrogens (tertiary/aromatic N) is 1. The number of carbonyl (C=O) groups excluding carboxylic acids is 1. The number of carbonyl (C=O) groups is 1. The van der Waals surface area contributed by atoms with Crippen molar-refractivity contribution in [3.05, 3.63) is 52.8 Å². The second kappa shape index (κ2) is 4.97. The topological polar surface area (TPSA) is 77.1 Å². The number of amides is 1. The maximum Gasteiger partial charge on any atom is 0.257 e. The third-order valence-corrected chi connectivity index (χ3v) is 2.90. The zero-order valence-corrected chi connectivity index (χ0v) is 10.6. The summed E-state index contributed by atoms with van der Waals surface area (Å²) in [5, 5.41) is 2.96. The summed E-state index contributed by atoms with van der Waals surface area (Å²) in [7, 11) is 1.77. The molecule has 2 aromatic rings. The fourth-order valence-electron chi connectivity index (χ4n) is 1.98. The van der Waals surface area contributed by atoms with Crippen LogP contribution in [0.1, 0.15) is 10.4 Å². The highest BCUT2D eigenvalue weighted by atomic mass is 16.2. The number of nitrogen functional groups attached to an aromatic ring is 1. The van der Waals surface area contributed by atoms with Crippen molar-refractivity contribution in [1.82, 2.24) is 9.88 Å². The lowest BCUT2D eigenvalue weighted by Gasteiger charge is -2.10. The molecule has 0 unspecified atom stereocenters. The first-order chi connectivity index (χ1) is 9.06. The number of nitrogens with one attached hydrogen (secondary N) is 1. The van der Waals surface area contributed by atoms with Gasteiger partial charge in [-0.2, -0.15) is 0 Å². The van der Waals surface area contributed by atoms with Gasteiger partial charge in [-0.1, -0.05) is 12.1 Å². The molecule has 0 aliphatic heterocycles. The van der Waals surface area contributed by atoms with Crippen LogP contribution in [0.5, 0.6) is 0 Å². The Kier molecular flexibility index (Phi) is 3.37. The smallest absolute Gasteiger partial charge is 0.257 e. The molecule has 5 heteroatoms. The largest absolute Gasteiger partial charge is 0.398 e. The molecule has 0 aliphatic rings. The summed E-state index contributed by atoms with van der Waals surface area (Å²) in [5.74, 6) is -0.425. The highest BCUT2D eigenvalue weighted by Crippen LogP contribution is 2.17. The van der Waals surface area contributed by atoms with Gasteiger partial charge < -0.3 is 15.6 Å². The second-order valence-electron chi connectivity index (χ2n) is 4.22. The van der Waals surface area contributed by atoms with Crippen molar-refractivity contribution < 1.29 is 4.79 Å². The molecular formula is C14H15N3O2. The highest BCUT2D eigenvalue weighted by molar-refractivity contribution is 6.00. The maximum atomic E-state index is 12.3. The Hall–Kier alpha value is -2.56. The predicted octanol–water partition coefficient (Wildman–Crippen LogP) is 1.04. The summed E-state index contributed by atoms with van der Waals surface area (Å²) in [6, 6.07) is 5.21. The van der Waals surface area contributed by atoms with Crippen molar-refractivity contribution in [3.63, 3.8) is 0 Å². The van der Waals surface area contributed by atoms with Crippen LogP contribution in [-0.2, 0) is 7.05 Å². The van der Waals surface area contributed by atoms with E-state index in [1.165, 1.54) is 6.20 Å². The molecule has 1 aromatic carbocycles. The fourth-order valence-corrected chi connectivity index (χ4v) is 1.98. The van der Waals surface area contributed by atoms with E-state index < -0.39 is 5.91 Å². The van der Waals surface area contributed by atoms with Crippen LogP contribution in [0.4, 0.5) is 5.69 Å². The van der Waals surface area contributed by atoms with Crippen LogP contribution in [-0.4, -0.2) is 17.0 Å². The van der Waals surface area contributed by atoms with Gasteiger partial charge >= 0.3 is 0 Å². The van der Waals surface area contributed by atoms with Crippen LogP contribution in [0.2, 0.25) is 0 Å². The molecule has 1 heterocycles. The van der Waals surface area contributed by atoms with Crippen molar-refractivity contribution >= 4 is 22.5 Å². The molecule has 0 fully saturated rings. The van der Waals surface area contributed by atoms with E-state index in [9.17, 15) is 9.59 Å². The Morgan fingerprint density at radius 3 is 2.95 bits per heavy atom. The van der Waals surface area contributed by atoms with Crippen LogP contribution in [0, 0.1) is 0 Å². The molecule has 0 spiro atoms. The van der Waals surface area contributed by atoms with E-state index in [0.29, 0.717) is 23.1 Å². The minimum Gasteiger partial charge on any atom is -0.398 e. The Morgan fingerprint density at radius 2 is 2.26 bits per heavy atom. The average molecular weight is 257 g/mol. The number of aromatic nitrogens is 1. The van der Waals surface area contributed by atoms with Crippen LogP contribution in [0.15, 0.2) is 41.8 Å². The molecule has 98 valence electrons. The summed E-state index contributed by atoms with van der Waals surface area (Å²) in [6.07, 6.45) is 3.07. The average Bonchev–Trinajstić information content (AvgIpc) is 2.40. The maximum absolute atomic E-state index is 12.3. The first kappa shape index (κ1) is 12.9. The van der Waals surface area contributed by atoms with Gasteiger partial charge in [0.15, 0.2) is 0 Å². The van der Waals surface area contributed by atoms with E-state index >= 15 is 0 Å². The van der Waals surface area contributed by atoms with Crippen molar-refractivity contribution in [3.8, 4) is 0 Å². The second-order valence-corrected chi connectivity index (χ2v) is 4.22. The molecule has 0 saturated heterocycles. The van der Waals surface area contributed by atoms with E-state index in [0.717, 1.165) is 0 Å². The molecule has 3 N–H and O–H groups in total. The number of nitrogens with two attached hydrogens (primary N) is 1. The van der Waals surface area contributed by atoms with Crippen molar-refractivity contribution in [2.24, 2.45) is 7.05 Å². The quantitative estimate of drug-likeness (QED) is 0.637. The summed E-state index contributed by atoms with van der Waals surface area (Å²) in [5.41, 5.74) is 6.63. The number of benzene rings is 1. The number of rotatable bonds is 3. The Labute approximate surface area is 110 Å². The molecule has 19 heavy (non-hydrogen) atoms. The van der Waals surface area contributed by atoms with Crippen LogP contribution < -0.4 is 16.5 Å². The van der Waals surface area contributed by atoms with Crippen LogP contribution in [0.3, 0.4) is 0 Å². The Balaban J connectivity index is 2.68.